The first-order valence-electron chi connectivity index (χ1n) is 7.87. The first-order valence-corrected chi connectivity index (χ1v) is 7.87. The summed E-state index contributed by atoms with van der Waals surface area (Å²) in [7, 11) is 1.46. The van der Waals surface area contributed by atoms with Crippen LogP contribution in [0.2, 0.25) is 0 Å². The van der Waals surface area contributed by atoms with Crippen LogP contribution in [0.5, 0.6) is 11.5 Å². The SMILES string of the molecule is COc1cc2ccccc2cc1C(=O)NN=Cc1cc([N+](=O)[O-])ccc1O. The molecule has 0 bridgehead atoms. The molecule has 0 aromatic heterocycles. The molecule has 0 fully saturated rings. The molecule has 27 heavy (non-hydrogen) atoms. The van der Waals surface area contributed by atoms with E-state index in [1.54, 1.807) is 12.1 Å². The molecule has 2 N–H and O–H groups in total. The highest BCUT2D eigenvalue weighted by Gasteiger charge is 2.13. The van der Waals surface area contributed by atoms with Gasteiger partial charge in [0.1, 0.15) is 11.5 Å². The first kappa shape index (κ1) is 17.9. The van der Waals surface area contributed by atoms with Crippen LogP contribution in [0.3, 0.4) is 0 Å². The van der Waals surface area contributed by atoms with Crippen LogP contribution >= 0.6 is 0 Å². The second kappa shape index (κ2) is 7.52. The molecule has 8 nitrogen and oxygen atoms in total. The molecule has 0 spiro atoms. The lowest BCUT2D eigenvalue weighted by molar-refractivity contribution is -0.384. The van der Waals surface area contributed by atoms with Gasteiger partial charge in [0, 0.05) is 17.7 Å². The second-order valence-corrected chi connectivity index (χ2v) is 5.60. The number of benzene rings is 3. The standard InChI is InChI=1S/C19H15N3O5/c1-27-18-10-13-5-3-2-4-12(13)9-16(18)19(24)21-20-11-14-8-15(22(25)26)6-7-17(14)23/h2-11,23H,1H3,(H,21,24). The number of methoxy groups -OCH3 is 1. The quantitative estimate of drug-likeness (QED) is 0.409. The number of hydrogen-bond acceptors (Lipinski definition) is 6. The fraction of sp³-hybridized carbons (Fsp3) is 0.0526. The Morgan fingerprint density at radius 2 is 1.89 bits per heavy atom. The predicted molar refractivity (Wildman–Crippen MR) is 100 cm³/mol. The predicted octanol–water partition coefficient (Wildman–Crippen LogP) is 3.23. The lowest BCUT2D eigenvalue weighted by Gasteiger charge is -2.09. The van der Waals surface area contributed by atoms with Crippen molar-refractivity contribution in [2.75, 3.05) is 7.11 Å². The van der Waals surface area contributed by atoms with Gasteiger partial charge >= 0.3 is 0 Å². The third-order valence-corrected chi connectivity index (χ3v) is 3.90. The van der Waals surface area contributed by atoms with E-state index in [1.165, 1.54) is 19.2 Å². The number of carbonyl (C=O) groups is 1. The summed E-state index contributed by atoms with van der Waals surface area (Å²) in [5.41, 5.74) is 2.53. The number of hydrazone groups is 1. The number of nitro groups is 1. The second-order valence-electron chi connectivity index (χ2n) is 5.60. The van der Waals surface area contributed by atoms with Crippen LogP contribution in [0.25, 0.3) is 10.8 Å². The Morgan fingerprint density at radius 1 is 1.19 bits per heavy atom. The van der Waals surface area contributed by atoms with Crippen molar-refractivity contribution in [2.24, 2.45) is 5.10 Å². The first-order chi connectivity index (χ1) is 13.0. The van der Waals surface area contributed by atoms with Crippen molar-refractivity contribution in [3.8, 4) is 11.5 Å². The van der Waals surface area contributed by atoms with Gasteiger partial charge in [-0.25, -0.2) is 5.43 Å². The van der Waals surface area contributed by atoms with Gasteiger partial charge in [0.2, 0.25) is 0 Å². The van der Waals surface area contributed by atoms with Crippen molar-refractivity contribution in [3.05, 3.63) is 75.8 Å². The molecular weight excluding hydrogens is 350 g/mol. The monoisotopic (exact) mass is 365 g/mol. The van der Waals surface area contributed by atoms with Crippen molar-refractivity contribution in [1.82, 2.24) is 5.43 Å². The maximum absolute atomic E-state index is 12.4. The van der Waals surface area contributed by atoms with Gasteiger partial charge in [0.15, 0.2) is 0 Å². The lowest BCUT2D eigenvalue weighted by atomic mass is 10.1. The average Bonchev–Trinajstić information content (AvgIpc) is 2.68. The fourth-order valence-corrected chi connectivity index (χ4v) is 2.55. The van der Waals surface area contributed by atoms with Crippen LogP contribution < -0.4 is 10.2 Å². The summed E-state index contributed by atoms with van der Waals surface area (Å²) >= 11 is 0. The Balaban J connectivity index is 1.84. The molecule has 0 unspecified atom stereocenters. The van der Waals surface area contributed by atoms with Crippen molar-refractivity contribution in [3.63, 3.8) is 0 Å². The Morgan fingerprint density at radius 3 is 2.56 bits per heavy atom. The smallest absolute Gasteiger partial charge is 0.275 e. The molecule has 8 heteroatoms. The van der Waals surface area contributed by atoms with E-state index >= 15 is 0 Å². The van der Waals surface area contributed by atoms with E-state index in [-0.39, 0.29) is 22.6 Å². The number of hydrogen-bond donors (Lipinski definition) is 2. The third kappa shape index (κ3) is 3.84. The minimum atomic E-state index is -0.588. The fourth-order valence-electron chi connectivity index (χ4n) is 2.55. The topological polar surface area (TPSA) is 114 Å². The van der Waals surface area contributed by atoms with Crippen LogP contribution in [0.1, 0.15) is 15.9 Å². The van der Waals surface area contributed by atoms with Crippen LogP contribution in [0.4, 0.5) is 5.69 Å². The zero-order valence-corrected chi connectivity index (χ0v) is 14.2. The van der Waals surface area contributed by atoms with Gasteiger partial charge in [-0.1, -0.05) is 24.3 Å². The Bertz CT molecular complexity index is 1060. The van der Waals surface area contributed by atoms with Gasteiger partial charge in [-0.3, -0.25) is 14.9 Å². The molecule has 0 saturated carbocycles. The summed E-state index contributed by atoms with van der Waals surface area (Å²) in [6.07, 6.45) is 1.13. The summed E-state index contributed by atoms with van der Waals surface area (Å²) in [4.78, 5) is 22.7. The van der Waals surface area contributed by atoms with Gasteiger partial charge in [0.05, 0.1) is 23.8 Å². The number of carbonyl (C=O) groups excluding carboxylic acids is 1. The summed E-state index contributed by atoms with van der Waals surface area (Å²) in [5.74, 6) is -0.319. The minimum Gasteiger partial charge on any atom is -0.507 e. The maximum atomic E-state index is 12.4. The molecule has 0 radical (unpaired) electrons. The Kier molecular flexibility index (Phi) is 4.98. The number of phenols is 1. The summed E-state index contributed by atoms with van der Waals surface area (Å²) in [5, 5.41) is 26.1. The van der Waals surface area contributed by atoms with Gasteiger partial charge in [-0.05, 0) is 29.0 Å². The molecule has 136 valence electrons. The van der Waals surface area contributed by atoms with Crippen LogP contribution in [0.15, 0.2) is 59.7 Å². The number of fused-ring (bicyclic) bond motifs is 1. The van der Waals surface area contributed by atoms with Crippen LogP contribution in [-0.4, -0.2) is 29.3 Å². The highest BCUT2D eigenvalue weighted by molar-refractivity contribution is 6.02. The van der Waals surface area contributed by atoms with E-state index in [1.807, 2.05) is 24.3 Å². The Labute approximate surface area is 153 Å². The van der Waals surface area contributed by atoms with E-state index in [2.05, 4.69) is 10.5 Å². The molecule has 0 atom stereocenters. The number of phenolic OH excluding ortho intramolecular Hbond substituents is 1. The van der Waals surface area contributed by atoms with E-state index in [0.29, 0.717) is 5.75 Å². The zero-order valence-electron chi connectivity index (χ0n) is 14.2. The largest absolute Gasteiger partial charge is 0.507 e. The van der Waals surface area contributed by atoms with E-state index in [9.17, 15) is 20.0 Å². The molecule has 1 amide bonds. The van der Waals surface area contributed by atoms with Crippen LogP contribution in [-0.2, 0) is 0 Å². The lowest BCUT2D eigenvalue weighted by Crippen LogP contribution is -2.18. The molecule has 0 heterocycles. The normalized spacial score (nSPS) is 10.9. The van der Waals surface area contributed by atoms with Gasteiger partial charge in [0.25, 0.3) is 11.6 Å². The number of amides is 1. The number of non-ortho nitro benzene ring substituents is 1. The van der Waals surface area contributed by atoms with E-state index in [4.69, 9.17) is 4.74 Å². The summed E-state index contributed by atoms with van der Waals surface area (Å²) in [6, 6.07) is 14.5. The number of nitrogens with one attached hydrogen (secondary N) is 1. The minimum absolute atomic E-state index is 0.106. The van der Waals surface area contributed by atoms with Gasteiger partial charge in [-0.15, -0.1) is 0 Å². The zero-order chi connectivity index (χ0) is 19.4. The maximum Gasteiger partial charge on any atom is 0.275 e. The summed E-state index contributed by atoms with van der Waals surface area (Å²) in [6.45, 7) is 0. The highest BCUT2D eigenvalue weighted by Crippen LogP contribution is 2.26. The molecule has 0 saturated heterocycles. The van der Waals surface area contributed by atoms with Crippen molar-refractivity contribution in [1.29, 1.82) is 0 Å². The molecule has 0 aliphatic rings. The van der Waals surface area contributed by atoms with Crippen molar-refractivity contribution < 1.29 is 19.6 Å². The molecule has 3 aromatic rings. The van der Waals surface area contributed by atoms with Gasteiger partial charge in [-0.2, -0.15) is 5.10 Å². The molecule has 3 rings (SSSR count). The number of ether oxygens (including phenoxy) is 1. The highest BCUT2D eigenvalue weighted by atomic mass is 16.6. The number of aromatic hydroxyl groups is 1. The summed E-state index contributed by atoms with van der Waals surface area (Å²) < 4.78 is 5.27. The third-order valence-electron chi connectivity index (χ3n) is 3.90. The van der Waals surface area contributed by atoms with E-state index < -0.39 is 10.8 Å². The number of nitrogens with zero attached hydrogens (tertiary/aromatic N) is 2. The average molecular weight is 365 g/mol. The van der Waals surface area contributed by atoms with Crippen molar-refractivity contribution >= 4 is 28.6 Å². The number of rotatable bonds is 5. The molecule has 3 aromatic carbocycles. The Hall–Kier alpha value is -3.94. The van der Waals surface area contributed by atoms with E-state index in [0.717, 1.165) is 23.1 Å². The van der Waals surface area contributed by atoms with Crippen LogP contribution in [0, 0.1) is 10.1 Å². The molecular formula is C19H15N3O5. The number of nitro benzene ring substituents is 1. The molecule has 0 aliphatic carbocycles. The van der Waals surface area contributed by atoms with Crippen molar-refractivity contribution in [2.45, 2.75) is 0 Å². The molecule has 0 aliphatic heterocycles. The van der Waals surface area contributed by atoms with Gasteiger partial charge < -0.3 is 9.84 Å².